The third-order valence-electron chi connectivity index (χ3n) is 3.56. The second-order valence-corrected chi connectivity index (χ2v) is 5.05. The third-order valence-corrected chi connectivity index (χ3v) is 3.56. The molecule has 0 spiro atoms. The van der Waals surface area contributed by atoms with Crippen LogP contribution in [0.5, 0.6) is 0 Å². The second kappa shape index (κ2) is 5.17. The molecule has 0 bridgehead atoms. The summed E-state index contributed by atoms with van der Waals surface area (Å²) in [5.74, 6) is 0.0340. The van der Waals surface area contributed by atoms with Gasteiger partial charge in [-0.05, 0) is 36.4 Å². The number of halogens is 1. The van der Waals surface area contributed by atoms with Gasteiger partial charge >= 0.3 is 0 Å². The predicted molar refractivity (Wildman–Crippen MR) is 84.9 cm³/mol. The Kier molecular flexibility index (Phi) is 3.01. The van der Waals surface area contributed by atoms with Crippen LogP contribution < -0.4 is 5.56 Å². The molecule has 0 aliphatic heterocycles. The minimum absolute atomic E-state index is 0.281. The lowest BCUT2D eigenvalue weighted by Crippen LogP contribution is -2.10. The van der Waals surface area contributed by atoms with E-state index in [1.165, 1.54) is 18.3 Å². The maximum Gasteiger partial charge on any atom is 0.262 e. The molecule has 112 valence electrons. The third kappa shape index (κ3) is 2.30. The molecule has 0 amide bonds. The highest BCUT2D eigenvalue weighted by Crippen LogP contribution is 2.18. The van der Waals surface area contributed by atoms with Crippen molar-refractivity contribution >= 4 is 11.0 Å². The van der Waals surface area contributed by atoms with Gasteiger partial charge < -0.3 is 4.98 Å². The molecular formula is C17H11FN4O. The van der Waals surface area contributed by atoms with Crippen molar-refractivity contribution in [1.82, 2.24) is 19.7 Å². The number of H-pyrrole nitrogens is 1. The molecule has 6 heteroatoms. The van der Waals surface area contributed by atoms with Crippen molar-refractivity contribution in [3.63, 3.8) is 0 Å². The highest BCUT2D eigenvalue weighted by molar-refractivity contribution is 5.77. The molecule has 0 aliphatic carbocycles. The zero-order valence-corrected chi connectivity index (χ0v) is 11.9. The molecule has 4 aromatic rings. The molecule has 1 N–H and O–H groups in total. The molecule has 2 heterocycles. The van der Waals surface area contributed by atoms with E-state index in [1.54, 1.807) is 16.8 Å². The van der Waals surface area contributed by atoms with Crippen molar-refractivity contribution in [2.24, 2.45) is 0 Å². The smallest absolute Gasteiger partial charge is 0.262 e. The Hall–Kier alpha value is -3.28. The Morgan fingerprint density at radius 3 is 2.48 bits per heavy atom. The molecule has 0 unspecified atom stereocenters. The van der Waals surface area contributed by atoms with E-state index in [9.17, 15) is 9.18 Å². The number of hydrogen-bond donors (Lipinski definition) is 1. The lowest BCUT2D eigenvalue weighted by molar-refractivity contribution is 0.628. The fourth-order valence-electron chi connectivity index (χ4n) is 2.42. The number of aromatic nitrogens is 4. The maximum atomic E-state index is 13.1. The summed E-state index contributed by atoms with van der Waals surface area (Å²) in [5.41, 5.74) is 1.62. The fraction of sp³-hybridized carbons (Fsp3) is 0. The lowest BCUT2D eigenvalue weighted by atomic mass is 10.2. The van der Waals surface area contributed by atoms with E-state index in [0.717, 1.165) is 5.69 Å². The standard InChI is InChI=1S/C17H11FN4O/c18-12-8-6-11(7-9-12)15-20-16-14(17(23)21-15)10-19-22(16)13-4-2-1-3-5-13/h1-10H,(H,20,21,23). The summed E-state index contributed by atoms with van der Waals surface area (Å²) in [4.78, 5) is 19.5. The molecule has 0 aliphatic rings. The molecule has 2 aromatic carbocycles. The highest BCUT2D eigenvalue weighted by Gasteiger charge is 2.12. The molecule has 0 saturated heterocycles. The summed E-state index contributed by atoms with van der Waals surface area (Å²) >= 11 is 0. The number of nitrogens with one attached hydrogen (secondary N) is 1. The van der Waals surface area contributed by atoms with Crippen LogP contribution in [0.1, 0.15) is 0 Å². The molecule has 0 atom stereocenters. The highest BCUT2D eigenvalue weighted by atomic mass is 19.1. The average molecular weight is 306 g/mol. The van der Waals surface area contributed by atoms with Gasteiger partial charge in [0.25, 0.3) is 5.56 Å². The fourth-order valence-corrected chi connectivity index (χ4v) is 2.42. The Bertz CT molecular complexity index is 1040. The van der Waals surface area contributed by atoms with Crippen LogP contribution >= 0.6 is 0 Å². The number of hydrogen-bond acceptors (Lipinski definition) is 3. The number of rotatable bonds is 2. The minimum Gasteiger partial charge on any atom is -0.306 e. The van der Waals surface area contributed by atoms with E-state index in [1.807, 2.05) is 30.3 Å². The second-order valence-electron chi connectivity index (χ2n) is 5.05. The predicted octanol–water partition coefficient (Wildman–Crippen LogP) is 2.91. The van der Waals surface area contributed by atoms with E-state index in [0.29, 0.717) is 22.4 Å². The summed E-state index contributed by atoms with van der Waals surface area (Å²) in [6.07, 6.45) is 1.49. The molecule has 23 heavy (non-hydrogen) atoms. The zero-order valence-electron chi connectivity index (χ0n) is 11.9. The van der Waals surface area contributed by atoms with Gasteiger partial charge in [-0.25, -0.2) is 14.1 Å². The van der Waals surface area contributed by atoms with Gasteiger partial charge in [-0.15, -0.1) is 0 Å². The summed E-state index contributed by atoms with van der Waals surface area (Å²) < 4.78 is 14.7. The van der Waals surface area contributed by atoms with Gasteiger partial charge in [0.15, 0.2) is 5.65 Å². The van der Waals surface area contributed by atoms with Crippen LogP contribution in [0, 0.1) is 5.82 Å². The number of aromatic amines is 1. The van der Waals surface area contributed by atoms with Gasteiger partial charge in [0, 0.05) is 5.56 Å². The topological polar surface area (TPSA) is 63.6 Å². The van der Waals surface area contributed by atoms with Gasteiger partial charge in [0.2, 0.25) is 0 Å². The molecule has 0 fully saturated rings. The van der Waals surface area contributed by atoms with E-state index >= 15 is 0 Å². The number of fused-ring (bicyclic) bond motifs is 1. The lowest BCUT2D eigenvalue weighted by Gasteiger charge is -2.04. The van der Waals surface area contributed by atoms with E-state index < -0.39 is 0 Å². The first kappa shape index (κ1) is 13.4. The van der Waals surface area contributed by atoms with Gasteiger partial charge in [-0.1, -0.05) is 18.2 Å². The van der Waals surface area contributed by atoms with Crippen LogP contribution in [0.2, 0.25) is 0 Å². The van der Waals surface area contributed by atoms with Gasteiger partial charge in [-0.3, -0.25) is 4.79 Å². The summed E-state index contributed by atoms with van der Waals surface area (Å²) in [6, 6.07) is 15.2. The Morgan fingerprint density at radius 1 is 1.00 bits per heavy atom. The summed E-state index contributed by atoms with van der Waals surface area (Å²) in [6.45, 7) is 0. The molecule has 0 saturated carbocycles. The van der Waals surface area contributed by atoms with Crippen LogP contribution in [0.4, 0.5) is 4.39 Å². The number of nitrogens with zero attached hydrogens (tertiary/aromatic N) is 3. The van der Waals surface area contributed by atoms with Crippen LogP contribution in [-0.2, 0) is 0 Å². The average Bonchev–Trinajstić information content (AvgIpc) is 3.01. The van der Waals surface area contributed by atoms with Crippen LogP contribution in [0.15, 0.2) is 65.6 Å². The van der Waals surface area contributed by atoms with Gasteiger partial charge in [0.05, 0.1) is 11.9 Å². The number of benzene rings is 2. The Labute approximate surface area is 130 Å². The van der Waals surface area contributed by atoms with Crippen LogP contribution in [0.3, 0.4) is 0 Å². The van der Waals surface area contributed by atoms with Crippen molar-refractivity contribution in [3.8, 4) is 17.1 Å². The molecule has 0 radical (unpaired) electrons. The monoisotopic (exact) mass is 306 g/mol. The largest absolute Gasteiger partial charge is 0.306 e. The van der Waals surface area contributed by atoms with Crippen LogP contribution in [0.25, 0.3) is 28.1 Å². The molecule has 5 nitrogen and oxygen atoms in total. The quantitative estimate of drug-likeness (QED) is 0.619. The van der Waals surface area contributed by atoms with Crippen molar-refractivity contribution in [3.05, 3.63) is 77.0 Å². The van der Waals surface area contributed by atoms with Crippen molar-refractivity contribution in [1.29, 1.82) is 0 Å². The van der Waals surface area contributed by atoms with Gasteiger partial charge in [-0.2, -0.15) is 5.10 Å². The number of para-hydroxylation sites is 1. The summed E-state index contributed by atoms with van der Waals surface area (Å²) in [5, 5.41) is 4.65. The van der Waals surface area contributed by atoms with E-state index in [-0.39, 0.29) is 11.4 Å². The van der Waals surface area contributed by atoms with Gasteiger partial charge in [0.1, 0.15) is 17.0 Å². The molecular weight excluding hydrogens is 295 g/mol. The summed E-state index contributed by atoms with van der Waals surface area (Å²) in [7, 11) is 0. The minimum atomic E-state index is -0.341. The SMILES string of the molecule is O=c1[nH]c(-c2ccc(F)cc2)nc2c1cnn2-c1ccccc1. The van der Waals surface area contributed by atoms with Crippen molar-refractivity contribution < 1.29 is 4.39 Å². The molecule has 4 rings (SSSR count). The normalized spacial score (nSPS) is 11.0. The first-order valence-electron chi connectivity index (χ1n) is 7.02. The van der Waals surface area contributed by atoms with Crippen LogP contribution in [-0.4, -0.2) is 19.7 Å². The first-order valence-corrected chi connectivity index (χ1v) is 7.02. The van der Waals surface area contributed by atoms with Crippen molar-refractivity contribution in [2.75, 3.05) is 0 Å². The van der Waals surface area contributed by atoms with E-state index in [4.69, 9.17) is 0 Å². The first-order chi connectivity index (χ1) is 11.2. The van der Waals surface area contributed by atoms with Crippen molar-refractivity contribution in [2.45, 2.75) is 0 Å². The Morgan fingerprint density at radius 2 is 1.74 bits per heavy atom. The Balaban J connectivity index is 1.95. The van der Waals surface area contributed by atoms with E-state index in [2.05, 4.69) is 15.1 Å². The molecule has 2 aromatic heterocycles. The maximum absolute atomic E-state index is 13.1. The zero-order chi connectivity index (χ0) is 15.8.